The molecular formula is C10H16BrN3OS. The molecule has 90 valence electrons. The van der Waals surface area contributed by atoms with Crippen LogP contribution in [0.1, 0.15) is 6.92 Å². The molecule has 1 N–H and O–H groups in total. The van der Waals surface area contributed by atoms with Crippen molar-refractivity contribution in [2.75, 3.05) is 33.2 Å². The normalized spacial score (nSPS) is 27.2. The molecular weight excluding hydrogens is 290 g/mol. The van der Waals surface area contributed by atoms with Crippen molar-refractivity contribution in [1.82, 2.24) is 15.1 Å². The Hall–Kier alpha value is -0.200. The van der Waals surface area contributed by atoms with Gasteiger partial charge in [-0.05, 0) is 14.0 Å². The van der Waals surface area contributed by atoms with Crippen molar-refractivity contribution in [2.24, 2.45) is 0 Å². The number of piperazine rings is 1. The van der Waals surface area contributed by atoms with E-state index in [1.165, 1.54) is 0 Å². The fourth-order valence-corrected chi connectivity index (χ4v) is 3.63. The molecule has 0 radical (unpaired) electrons. The van der Waals surface area contributed by atoms with E-state index in [1.807, 2.05) is 11.8 Å². The molecule has 2 aliphatic heterocycles. The van der Waals surface area contributed by atoms with Crippen molar-refractivity contribution >= 4 is 33.6 Å². The van der Waals surface area contributed by atoms with Gasteiger partial charge in [0.2, 0.25) is 0 Å². The van der Waals surface area contributed by atoms with Crippen LogP contribution in [0.4, 0.5) is 0 Å². The van der Waals surface area contributed by atoms with E-state index < -0.39 is 0 Å². The van der Waals surface area contributed by atoms with Gasteiger partial charge in [-0.3, -0.25) is 4.79 Å². The molecule has 16 heavy (non-hydrogen) atoms. The van der Waals surface area contributed by atoms with Gasteiger partial charge >= 0.3 is 0 Å². The van der Waals surface area contributed by atoms with E-state index in [9.17, 15) is 4.79 Å². The minimum atomic E-state index is 0.138. The lowest BCUT2D eigenvalue weighted by Crippen LogP contribution is -2.47. The molecule has 6 heteroatoms. The molecule has 0 aromatic carbocycles. The number of hydrogen-bond acceptors (Lipinski definition) is 4. The zero-order valence-corrected chi connectivity index (χ0v) is 11.9. The summed E-state index contributed by atoms with van der Waals surface area (Å²) in [4.78, 5) is 17.3. The molecule has 1 atom stereocenters. The summed E-state index contributed by atoms with van der Waals surface area (Å²) < 4.78 is 0.138. The number of nitrogens with zero attached hydrogens (tertiary/aromatic N) is 2. The van der Waals surface area contributed by atoms with E-state index in [1.54, 1.807) is 11.8 Å². The Morgan fingerprint density at radius 1 is 1.44 bits per heavy atom. The molecule has 1 unspecified atom stereocenters. The predicted octanol–water partition coefficient (Wildman–Crippen LogP) is 1.01. The number of rotatable bonds is 1. The van der Waals surface area contributed by atoms with Crippen LogP contribution in [0.5, 0.6) is 0 Å². The van der Waals surface area contributed by atoms with Gasteiger partial charge in [0.05, 0.1) is 4.91 Å². The molecule has 0 spiro atoms. The Morgan fingerprint density at radius 2 is 2.06 bits per heavy atom. The zero-order chi connectivity index (χ0) is 11.7. The van der Waals surface area contributed by atoms with E-state index in [0.29, 0.717) is 0 Å². The minimum absolute atomic E-state index is 0.138. The Bertz CT molecular complexity index is 326. The highest BCUT2D eigenvalue weighted by Crippen LogP contribution is 2.34. The highest BCUT2D eigenvalue weighted by molar-refractivity contribution is 9.11. The number of carbonyl (C=O) groups excluding carboxylic acids is 1. The van der Waals surface area contributed by atoms with Crippen molar-refractivity contribution in [3.63, 3.8) is 0 Å². The third-order valence-corrected chi connectivity index (χ3v) is 4.71. The largest absolute Gasteiger partial charge is 0.367 e. The number of halogens is 1. The fraction of sp³-hybridized carbons (Fsp3) is 0.700. The quantitative estimate of drug-likeness (QED) is 0.579. The molecule has 0 saturated carbocycles. The van der Waals surface area contributed by atoms with Gasteiger partial charge < -0.3 is 15.1 Å². The number of likely N-dealkylation sites (N-methyl/N-ethyl adjacent to an activating group) is 1. The molecule has 2 rings (SSSR count). The number of amides is 1. The van der Waals surface area contributed by atoms with E-state index in [-0.39, 0.29) is 10.2 Å². The van der Waals surface area contributed by atoms with Crippen molar-refractivity contribution in [3.05, 3.63) is 10.6 Å². The molecule has 0 bridgehead atoms. The maximum Gasteiger partial charge on any atom is 0.262 e. The second-order valence-corrected chi connectivity index (χ2v) is 6.76. The average molecular weight is 306 g/mol. The highest BCUT2D eigenvalue weighted by atomic mass is 79.9. The number of thioether (sulfide) groups is 1. The average Bonchev–Trinajstić information content (AvgIpc) is 2.58. The van der Waals surface area contributed by atoms with Gasteiger partial charge in [-0.15, -0.1) is 0 Å². The summed E-state index contributed by atoms with van der Waals surface area (Å²) in [7, 11) is 2.09. The Balaban J connectivity index is 2.00. The van der Waals surface area contributed by atoms with Gasteiger partial charge in [-0.2, -0.15) is 0 Å². The highest BCUT2D eigenvalue weighted by Gasteiger charge is 2.29. The first kappa shape index (κ1) is 12.3. The Morgan fingerprint density at radius 3 is 2.56 bits per heavy atom. The van der Waals surface area contributed by atoms with Crippen molar-refractivity contribution in [2.45, 2.75) is 11.2 Å². The van der Waals surface area contributed by atoms with Crippen LogP contribution >= 0.6 is 27.7 Å². The van der Waals surface area contributed by atoms with Crippen molar-refractivity contribution in [1.29, 1.82) is 0 Å². The van der Waals surface area contributed by atoms with Gasteiger partial charge in [0.15, 0.2) is 0 Å². The lowest BCUT2D eigenvalue weighted by molar-refractivity contribution is -0.127. The molecule has 1 fully saturated rings. The first-order valence-electron chi connectivity index (χ1n) is 5.34. The summed E-state index contributed by atoms with van der Waals surface area (Å²) in [6.07, 6.45) is 0. The molecule has 0 aromatic rings. The van der Waals surface area contributed by atoms with Crippen LogP contribution in [-0.2, 0) is 4.79 Å². The third-order valence-electron chi connectivity index (χ3n) is 2.88. The van der Waals surface area contributed by atoms with E-state index in [0.717, 1.165) is 36.8 Å². The van der Waals surface area contributed by atoms with Gasteiger partial charge in [0, 0.05) is 31.9 Å². The molecule has 1 amide bonds. The van der Waals surface area contributed by atoms with Crippen molar-refractivity contribution < 1.29 is 4.79 Å². The lowest BCUT2D eigenvalue weighted by Gasteiger charge is -2.32. The summed E-state index contributed by atoms with van der Waals surface area (Å²) in [5.41, 5.74) is 0.982. The second kappa shape index (κ2) is 4.98. The van der Waals surface area contributed by atoms with Crippen LogP contribution in [0.25, 0.3) is 0 Å². The zero-order valence-electron chi connectivity index (χ0n) is 9.49. The van der Waals surface area contributed by atoms with Crippen LogP contribution in [0.15, 0.2) is 10.6 Å². The Labute approximate surface area is 109 Å². The summed E-state index contributed by atoms with van der Waals surface area (Å²) in [5, 5.41) is 3.20. The third kappa shape index (κ3) is 2.55. The topological polar surface area (TPSA) is 35.6 Å². The van der Waals surface area contributed by atoms with E-state index in [4.69, 9.17) is 0 Å². The number of hydrogen-bond donors (Lipinski definition) is 1. The number of nitrogens with one attached hydrogen (secondary N) is 1. The molecule has 2 aliphatic rings. The van der Waals surface area contributed by atoms with Gasteiger partial charge in [0.1, 0.15) is 4.28 Å². The smallest absolute Gasteiger partial charge is 0.262 e. The predicted molar refractivity (Wildman–Crippen MR) is 70.2 cm³/mol. The maximum absolute atomic E-state index is 12.2. The standard InChI is InChI=1S/C10H16BrN3OS/c1-7-8(16-10(11)12-7)9(15)14-5-3-13(2)4-6-14/h10,12H,3-6H2,1-2H3. The van der Waals surface area contributed by atoms with Crippen LogP contribution in [0.2, 0.25) is 0 Å². The summed E-state index contributed by atoms with van der Waals surface area (Å²) in [5.74, 6) is 0.171. The summed E-state index contributed by atoms with van der Waals surface area (Å²) in [6.45, 7) is 5.55. The summed E-state index contributed by atoms with van der Waals surface area (Å²) in [6, 6.07) is 0. The number of alkyl halides is 1. The van der Waals surface area contributed by atoms with Crippen LogP contribution < -0.4 is 5.32 Å². The SMILES string of the molecule is CC1=C(C(=O)N2CCN(C)CC2)SC(Br)N1. The Kier molecular flexibility index (Phi) is 3.81. The van der Waals surface area contributed by atoms with Gasteiger partial charge in [0.25, 0.3) is 5.91 Å². The molecule has 0 aliphatic carbocycles. The van der Waals surface area contributed by atoms with Crippen LogP contribution in [-0.4, -0.2) is 53.2 Å². The van der Waals surface area contributed by atoms with Crippen LogP contribution in [0.3, 0.4) is 0 Å². The molecule has 4 nitrogen and oxygen atoms in total. The molecule has 0 aromatic heterocycles. The fourth-order valence-electron chi connectivity index (χ4n) is 1.82. The van der Waals surface area contributed by atoms with Gasteiger partial charge in [-0.25, -0.2) is 0 Å². The number of allylic oxidation sites excluding steroid dienone is 1. The van der Waals surface area contributed by atoms with E-state index in [2.05, 4.69) is 33.2 Å². The van der Waals surface area contributed by atoms with Gasteiger partial charge in [-0.1, -0.05) is 27.7 Å². The number of carbonyl (C=O) groups is 1. The second-order valence-electron chi connectivity index (χ2n) is 4.13. The minimum Gasteiger partial charge on any atom is -0.367 e. The maximum atomic E-state index is 12.2. The summed E-state index contributed by atoms with van der Waals surface area (Å²) >= 11 is 5.01. The van der Waals surface area contributed by atoms with Crippen molar-refractivity contribution in [3.8, 4) is 0 Å². The first-order chi connectivity index (χ1) is 7.58. The first-order valence-corrected chi connectivity index (χ1v) is 7.13. The van der Waals surface area contributed by atoms with Crippen LogP contribution in [0, 0.1) is 0 Å². The van der Waals surface area contributed by atoms with E-state index >= 15 is 0 Å². The molecule has 2 heterocycles. The molecule has 1 saturated heterocycles. The lowest BCUT2D eigenvalue weighted by atomic mass is 10.3. The monoisotopic (exact) mass is 305 g/mol.